The molecule has 1 aliphatic heterocycles. The van der Waals surface area contributed by atoms with Crippen LogP contribution in [0.15, 0.2) is 77.7 Å². The molecule has 4 aromatic rings. The van der Waals surface area contributed by atoms with Crippen molar-refractivity contribution in [2.45, 2.75) is 10.6 Å². The zero-order valence-corrected chi connectivity index (χ0v) is 20.4. The second-order valence-corrected chi connectivity index (χ2v) is 9.67. The van der Waals surface area contributed by atoms with Crippen molar-refractivity contribution in [3.05, 3.63) is 94.1 Å². The van der Waals surface area contributed by atoms with Crippen LogP contribution in [0.5, 0.6) is 0 Å². The van der Waals surface area contributed by atoms with E-state index in [4.69, 9.17) is 23.2 Å². The van der Waals surface area contributed by atoms with Gasteiger partial charge in [0.25, 0.3) is 0 Å². The van der Waals surface area contributed by atoms with Crippen molar-refractivity contribution in [1.29, 1.82) is 5.26 Å². The molecule has 35 heavy (non-hydrogen) atoms. The molecule has 1 N–H and O–H groups in total. The van der Waals surface area contributed by atoms with Crippen LogP contribution in [0.3, 0.4) is 0 Å². The summed E-state index contributed by atoms with van der Waals surface area (Å²) in [7, 11) is 0. The fourth-order valence-corrected chi connectivity index (χ4v) is 5.56. The van der Waals surface area contributed by atoms with Gasteiger partial charge in [-0.1, -0.05) is 59.6 Å². The first-order valence-electron chi connectivity index (χ1n) is 10.6. The summed E-state index contributed by atoms with van der Waals surface area (Å²) in [6.45, 7) is 0. The van der Waals surface area contributed by atoms with Gasteiger partial charge in [-0.15, -0.1) is 11.8 Å². The van der Waals surface area contributed by atoms with E-state index in [1.54, 1.807) is 16.4 Å². The Balaban J connectivity index is 1.57. The summed E-state index contributed by atoms with van der Waals surface area (Å²) in [6, 6.07) is 23.7. The van der Waals surface area contributed by atoms with Crippen molar-refractivity contribution in [1.82, 2.24) is 9.78 Å². The molecule has 0 radical (unpaired) electrons. The fraction of sp³-hybridized carbons (Fsp3) is 0.0769. The lowest BCUT2D eigenvalue weighted by molar-refractivity contribution is -0.117. The first-order chi connectivity index (χ1) is 17.0. The van der Waals surface area contributed by atoms with Gasteiger partial charge in [0.1, 0.15) is 5.69 Å². The Kier molecular flexibility index (Phi) is 6.35. The average Bonchev–Trinajstić information content (AvgIpc) is 3.24. The van der Waals surface area contributed by atoms with Crippen LogP contribution in [-0.2, 0) is 10.5 Å². The minimum atomic E-state index is -1.60. The highest BCUT2D eigenvalue weighted by Gasteiger charge is 2.35. The minimum absolute atomic E-state index is 0.108. The normalized spacial score (nSPS) is 12.7. The molecule has 0 saturated heterocycles. The number of para-hydroxylation sites is 1. The first-order valence-corrected chi connectivity index (χ1v) is 12.3. The molecule has 2 heterocycles. The number of aromatic nitrogens is 2. The van der Waals surface area contributed by atoms with Crippen LogP contribution < -0.4 is 5.32 Å². The first kappa shape index (κ1) is 23.2. The number of hydrogen-bond donors (Lipinski definition) is 1. The van der Waals surface area contributed by atoms with E-state index in [-0.39, 0.29) is 5.69 Å². The van der Waals surface area contributed by atoms with Crippen LogP contribution in [0.2, 0.25) is 10.0 Å². The molecule has 0 fully saturated rings. The van der Waals surface area contributed by atoms with E-state index in [1.165, 1.54) is 18.2 Å². The summed E-state index contributed by atoms with van der Waals surface area (Å²) in [5, 5.41) is 17.6. The Morgan fingerprint density at radius 2 is 1.71 bits per heavy atom. The molecule has 5 rings (SSSR count). The molecule has 172 valence electrons. The zero-order chi connectivity index (χ0) is 24.5. The van der Waals surface area contributed by atoms with E-state index in [1.807, 2.05) is 60.7 Å². The van der Waals surface area contributed by atoms with Crippen molar-refractivity contribution in [3.8, 4) is 23.0 Å². The number of carbonyl (C=O) groups excluding carboxylic acids is 2. The maximum atomic E-state index is 13.5. The number of fused-ring (bicyclic) bond motifs is 3. The van der Waals surface area contributed by atoms with Gasteiger partial charge in [-0.2, -0.15) is 10.4 Å². The number of carbonyl (C=O) groups is 2. The zero-order valence-electron chi connectivity index (χ0n) is 18.0. The molecule has 6 nitrogen and oxygen atoms in total. The van der Waals surface area contributed by atoms with E-state index >= 15 is 0 Å². The van der Waals surface area contributed by atoms with Crippen LogP contribution in [0, 0.1) is 17.2 Å². The van der Waals surface area contributed by atoms with Crippen molar-refractivity contribution < 1.29 is 9.59 Å². The highest BCUT2D eigenvalue weighted by molar-refractivity contribution is 7.98. The predicted octanol–water partition coefficient (Wildman–Crippen LogP) is 6.41. The Morgan fingerprint density at radius 3 is 2.43 bits per heavy atom. The number of nitrogens with zero attached hydrogens (tertiary/aromatic N) is 3. The number of thioether (sulfide) groups is 1. The van der Waals surface area contributed by atoms with E-state index in [0.29, 0.717) is 27.0 Å². The van der Waals surface area contributed by atoms with E-state index in [0.717, 1.165) is 21.8 Å². The molecule has 9 heteroatoms. The van der Waals surface area contributed by atoms with Gasteiger partial charge in [-0.05, 0) is 36.4 Å². The molecule has 1 aliphatic rings. The summed E-state index contributed by atoms with van der Waals surface area (Å²) in [6.07, 6.45) is 0. The smallest absolute Gasteiger partial charge is 0.249 e. The summed E-state index contributed by atoms with van der Waals surface area (Å²) in [5.41, 5.74) is 3.60. The molecular weight excluding hydrogens is 503 g/mol. The van der Waals surface area contributed by atoms with E-state index in [2.05, 4.69) is 10.4 Å². The second kappa shape index (κ2) is 9.59. The van der Waals surface area contributed by atoms with Gasteiger partial charge in [0.05, 0.1) is 17.5 Å². The van der Waals surface area contributed by atoms with Gasteiger partial charge in [0.15, 0.2) is 5.92 Å². The molecular formula is C26H16Cl2N4O2S. The Bertz CT molecular complexity index is 1490. The number of nitriles is 1. The van der Waals surface area contributed by atoms with Crippen molar-refractivity contribution in [3.63, 3.8) is 0 Å². The maximum absolute atomic E-state index is 13.5. The Morgan fingerprint density at radius 1 is 1.03 bits per heavy atom. The standard InChI is InChI=1S/C26H16Cl2N4O2S/c27-15-10-16(28)12-17(11-15)30-26(34)20(13-29)25(33)23-21-14-35-22-9-5-4-8-19(22)24(21)32(31-23)18-6-2-1-3-7-18/h1-12,20H,14H2,(H,30,34). The monoisotopic (exact) mass is 518 g/mol. The summed E-state index contributed by atoms with van der Waals surface area (Å²) in [5.74, 6) is -2.55. The average molecular weight is 519 g/mol. The highest BCUT2D eigenvalue weighted by atomic mass is 35.5. The molecule has 1 atom stereocenters. The number of amides is 1. The maximum Gasteiger partial charge on any atom is 0.249 e. The minimum Gasteiger partial charge on any atom is -0.324 e. The summed E-state index contributed by atoms with van der Waals surface area (Å²) < 4.78 is 1.71. The van der Waals surface area contributed by atoms with Gasteiger partial charge >= 0.3 is 0 Å². The predicted molar refractivity (Wildman–Crippen MR) is 137 cm³/mol. The summed E-state index contributed by atoms with van der Waals surface area (Å²) >= 11 is 13.6. The third-order valence-corrected chi connectivity index (χ3v) is 7.05. The fourth-order valence-electron chi connectivity index (χ4n) is 3.97. The molecule has 3 aromatic carbocycles. The molecule has 0 saturated carbocycles. The van der Waals surface area contributed by atoms with Crippen LogP contribution in [0.4, 0.5) is 5.69 Å². The van der Waals surface area contributed by atoms with Crippen LogP contribution >= 0.6 is 35.0 Å². The Labute approximate surface area is 215 Å². The lowest BCUT2D eigenvalue weighted by atomic mass is 9.97. The van der Waals surface area contributed by atoms with E-state index < -0.39 is 17.6 Å². The number of anilines is 1. The number of ketones is 1. The SMILES string of the molecule is N#CC(C(=O)Nc1cc(Cl)cc(Cl)c1)C(=O)c1nn(-c2ccccc2)c2c1CSc1ccccc1-2. The number of nitrogens with one attached hydrogen (secondary N) is 1. The quantitative estimate of drug-likeness (QED) is 0.243. The number of benzene rings is 3. The molecule has 1 unspecified atom stereocenters. The van der Waals surface area contributed by atoms with Crippen LogP contribution in [-0.4, -0.2) is 21.5 Å². The van der Waals surface area contributed by atoms with Gasteiger partial charge < -0.3 is 5.32 Å². The number of rotatable bonds is 5. The van der Waals surface area contributed by atoms with Gasteiger partial charge in [0, 0.05) is 37.5 Å². The number of Topliss-reactive ketones (excluding diaryl/α,β-unsaturated/α-hetero) is 1. The molecule has 1 amide bonds. The Hall–Kier alpha value is -3.57. The topological polar surface area (TPSA) is 87.8 Å². The van der Waals surface area contributed by atoms with Crippen LogP contribution in [0.1, 0.15) is 16.1 Å². The van der Waals surface area contributed by atoms with Gasteiger partial charge in [-0.25, -0.2) is 4.68 Å². The molecule has 0 aliphatic carbocycles. The highest BCUT2D eigenvalue weighted by Crippen LogP contribution is 2.44. The number of hydrogen-bond acceptors (Lipinski definition) is 5. The van der Waals surface area contributed by atoms with Crippen molar-refractivity contribution in [2.24, 2.45) is 5.92 Å². The largest absolute Gasteiger partial charge is 0.324 e. The number of halogens is 2. The lowest BCUT2D eigenvalue weighted by Crippen LogP contribution is -2.29. The molecule has 0 spiro atoms. The molecule has 0 bridgehead atoms. The summed E-state index contributed by atoms with van der Waals surface area (Å²) in [4.78, 5) is 27.6. The van der Waals surface area contributed by atoms with Gasteiger partial charge in [0.2, 0.25) is 11.7 Å². The third kappa shape index (κ3) is 4.44. The van der Waals surface area contributed by atoms with Crippen molar-refractivity contribution >= 4 is 52.3 Å². The second-order valence-electron chi connectivity index (χ2n) is 7.78. The third-order valence-electron chi connectivity index (χ3n) is 5.52. The van der Waals surface area contributed by atoms with Crippen molar-refractivity contribution in [2.75, 3.05) is 5.32 Å². The lowest BCUT2D eigenvalue weighted by Gasteiger charge is -2.18. The van der Waals surface area contributed by atoms with Crippen LogP contribution in [0.25, 0.3) is 16.9 Å². The molecule has 1 aromatic heterocycles. The van der Waals surface area contributed by atoms with E-state index in [9.17, 15) is 14.9 Å². The van der Waals surface area contributed by atoms with Gasteiger partial charge in [-0.3, -0.25) is 9.59 Å².